The van der Waals surface area contributed by atoms with Crippen molar-refractivity contribution in [1.82, 2.24) is 14.9 Å². The van der Waals surface area contributed by atoms with E-state index in [1.807, 2.05) is 4.90 Å². The minimum atomic E-state index is -4.46. The number of likely N-dealkylation sites (N-methyl/N-ethyl adjacent to an activating group) is 1. The van der Waals surface area contributed by atoms with Crippen molar-refractivity contribution in [2.24, 2.45) is 0 Å². The predicted molar refractivity (Wildman–Crippen MR) is 70.9 cm³/mol. The molecule has 0 spiro atoms. The minimum absolute atomic E-state index is 0.00672. The van der Waals surface area contributed by atoms with Gasteiger partial charge in [0.05, 0.1) is 0 Å². The van der Waals surface area contributed by atoms with Crippen LogP contribution in [0.2, 0.25) is 0 Å². The third-order valence-corrected chi connectivity index (χ3v) is 3.37. The summed E-state index contributed by atoms with van der Waals surface area (Å²) in [5.41, 5.74) is -0.912. The van der Waals surface area contributed by atoms with Gasteiger partial charge in [0.1, 0.15) is 5.82 Å². The van der Waals surface area contributed by atoms with Crippen molar-refractivity contribution in [1.29, 1.82) is 0 Å². The van der Waals surface area contributed by atoms with E-state index in [-0.39, 0.29) is 5.95 Å². The van der Waals surface area contributed by atoms with Crippen molar-refractivity contribution in [2.75, 3.05) is 50.0 Å². The van der Waals surface area contributed by atoms with Gasteiger partial charge >= 0.3 is 6.18 Å². The number of aromatic nitrogens is 2. The summed E-state index contributed by atoms with van der Waals surface area (Å²) >= 11 is 0. The van der Waals surface area contributed by atoms with E-state index in [0.29, 0.717) is 18.9 Å². The first-order valence-corrected chi connectivity index (χ1v) is 6.55. The highest BCUT2D eigenvalue weighted by atomic mass is 19.4. The Kier molecular flexibility index (Phi) is 4.32. The van der Waals surface area contributed by atoms with Gasteiger partial charge < -0.3 is 15.1 Å². The molecule has 1 aromatic heterocycles. The summed E-state index contributed by atoms with van der Waals surface area (Å²) in [5.74, 6) is 0.320. The van der Waals surface area contributed by atoms with Gasteiger partial charge in [-0.3, -0.25) is 0 Å². The van der Waals surface area contributed by atoms with E-state index >= 15 is 0 Å². The molecule has 2 rings (SSSR count). The molecule has 0 radical (unpaired) electrons. The van der Waals surface area contributed by atoms with Crippen LogP contribution in [0.25, 0.3) is 0 Å². The van der Waals surface area contributed by atoms with Crippen LogP contribution in [0.5, 0.6) is 0 Å². The van der Waals surface area contributed by atoms with Crippen LogP contribution in [0.1, 0.15) is 12.6 Å². The van der Waals surface area contributed by atoms with Crippen LogP contribution in [0, 0.1) is 0 Å². The van der Waals surface area contributed by atoms with Gasteiger partial charge in [-0.25, -0.2) is 4.98 Å². The van der Waals surface area contributed by atoms with Gasteiger partial charge in [-0.2, -0.15) is 18.2 Å². The molecule has 0 bridgehead atoms. The second-order valence-corrected chi connectivity index (χ2v) is 4.60. The fourth-order valence-corrected chi connectivity index (χ4v) is 2.15. The average molecular weight is 289 g/mol. The zero-order valence-electron chi connectivity index (χ0n) is 11.5. The zero-order chi connectivity index (χ0) is 14.8. The summed E-state index contributed by atoms with van der Waals surface area (Å²) in [7, 11) is 1.51. The number of halogens is 3. The molecule has 5 nitrogen and oxygen atoms in total. The van der Waals surface area contributed by atoms with Crippen molar-refractivity contribution in [3.05, 3.63) is 11.8 Å². The lowest BCUT2D eigenvalue weighted by Crippen LogP contribution is -2.46. The minimum Gasteiger partial charge on any atom is -0.357 e. The predicted octanol–water partition coefficient (Wildman–Crippen LogP) is 1.68. The third-order valence-electron chi connectivity index (χ3n) is 3.37. The molecule has 1 aliphatic heterocycles. The van der Waals surface area contributed by atoms with Gasteiger partial charge in [0, 0.05) is 39.3 Å². The van der Waals surface area contributed by atoms with E-state index in [9.17, 15) is 13.2 Å². The van der Waals surface area contributed by atoms with Crippen LogP contribution in [0.3, 0.4) is 0 Å². The number of piperazine rings is 1. The SMILES string of the molecule is CCN1CCN(c2cc(C(F)(F)F)nc(NC)n2)CC1. The van der Waals surface area contributed by atoms with Crippen molar-refractivity contribution < 1.29 is 13.2 Å². The smallest absolute Gasteiger partial charge is 0.357 e. The number of rotatable bonds is 3. The lowest BCUT2D eigenvalue weighted by molar-refractivity contribution is -0.141. The molecule has 1 N–H and O–H groups in total. The fourth-order valence-electron chi connectivity index (χ4n) is 2.15. The maximum atomic E-state index is 12.8. The van der Waals surface area contributed by atoms with Gasteiger partial charge in [-0.1, -0.05) is 6.92 Å². The van der Waals surface area contributed by atoms with E-state index in [2.05, 4.69) is 27.1 Å². The van der Waals surface area contributed by atoms with Crippen LogP contribution >= 0.6 is 0 Å². The van der Waals surface area contributed by atoms with Crippen molar-refractivity contribution in [2.45, 2.75) is 13.1 Å². The number of anilines is 2. The Morgan fingerprint density at radius 3 is 2.35 bits per heavy atom. The summed E-state index contributed by atoms with van der Waals surface area (Å²) < 4.78 is 38.5. The fraction of sp³-hybridized carbons (Fsp3) is 0.667. The molecular formula is C12H18F3N5. The summed E-state index contributed by atoms with van der Waals surface area (Å²) in [6.07, 6.45) is -4.46. The first-order chi connectivity index (χ1) is 9.44. The third kappa shape index (κ3) is 3.30. The van der Waals surface area contributed by atoms with Crippen molar-refractivity contribution in [3.8, 4) is 0 Å². The number of nitrogens with zero attached hydrogens (tertiary/aromatic N) is 4. The maximum absolute atomic E-state index is 12.8. The van der Waals surface area contributed by atoms with Crippen LogP contribution in [-0.2, 0) is 6.18 Å². The molecule has 1 aliphatic rings. The number of nitrogens with one attached hydrogen (secondary N) is 1. The molecule has 0 aliphatic carbocycles. The molecule has 8 heteroatoms. The molecule has 2 heterocycles. The Hall–Kier alpha value is -1.57. The van der Waals surface area contributed by atoms with Crippen LogP contribution in [0.4, 0.5) is 24.9 Å². The van der Waals surface area contributed by atoms with Gasteiger partial charge in [0.15, 0.2) is 5.69 Å². The van der Waals surface area contributed by atoms with Gasteiger partial charge in [-0.05, 0) is 6.54 Å². The Morgan fingerprint density at radius 2 is 1.85 bits per heavy atom. The monoisotopic (exact) mass is 289 g/mol. The molecule has 1 aromatic rings. The summed E-state index contributed by atoms with van der Waals surface area (Å²) in [5, 5.41) is 2.58. The molecule has 0 saturated carbocycles. The highest BCUT2D eigenvalue weighted by Gasteiger charge is 2.34. The first-order valence-electron chi connectivity index (χ1n) is 6.55. The standard InChI is InChI=1S/C12H18F3N5/c1-3-19-4-6-20(7-5-19)10-8-9(12(13,14)15)17-11(16-2)18-10/h8H,3-7H2,1-2H3,(H,16,17,18). The molecule has 0 aromatic carbocycles. The highest BCUT2D eigenvalue weighted by Crippen LogP contribution is 2.30. The molecule has 0 amide bonds. The topological polar surface area (TPSA) is 44.3 Å². The second kappa shape index (κ2) is 5.82. The van der Waals surface area contributed by atoms with E-state index in [4.69, 9.17) is 0 Å². The zero-order valence-corrected chi connectivity index (χ0v) is 11.5. The normalized spacial score (nSPS) is 17.4. The Bertz CT molecular complexity index is 455. The molecular weight excluding hydrogens is 271 g/mol. The van der Waals surface area contributed by atoms with E-state index in [1.54, 1.807) is 0 Å². The Labute approximate surface area is 115 Å². The van der Waals surface area contributed by atoms with E-state index < -0.39 is 11.9 Å². The van der Waals surface area contributed by atoms with Crippen LogP contribution < -0.4 is 10.2 Å². The largest absolute Gasteiger partial charge is 0.433 e. The molecule has 1 fully saturated rings. The van der Waals surface area contributed by atoms with E-state index in [1.165, 1.54) is 7.05 Å². The van der Waals surface area contributed by atoms with Crippen LogP contribution in [0.15, 0.2) is 6.07 Å². The summed E-state index contributed by atoms with van der Waals surface area (Å²) in [6, 6.07) is 1.02. The van der Waals surface area contributed by atoms with E-state index in [0.717, 1.165) is 25.7 Å². The lowest BCUT2D eigenvalue weighted by atomic mass is 10.3. The van der Waals surface area contributed by atoms with Crippen molar-refractivity contribution >= 4 is 11.8 Å². The first kappa shape index (κ1) is 14.8. The number of hydrogen-bond donors (Lipinski definition) is 1. The summed E-state index contributed by atoms with van der Waals surface area (Å²) in [6.45, 7) is 6.03. The molecule has 1 saturated heterocycles. The van der Waals surface area contributed by atoms with Gasteiger partial charge in [0.25, 0.3) is 0 Å². The van der Waals surface area contributed by atoms with Crippen molar-refractivity contribution in [3.63, 3.8) is 0 Å². The molecule has 20 heavy (non-hydrogen) atoms. The van der Waals surface area contributed by atoms with Gasteiger partial charge in [-0.15, -0.1) is 0 Å². The Morgan fingerprint density at radius 1 is 1.20 bits per heavy atom. The number of alkyl halides is 3. The van der Waals surface area contributed by atoms with Crippen LogP contribution in [-0.4, -0.2) is 54.6 Å². The molecule has 0 unspecified atom stereocenters. The molecule has 0 atom stereocenters. The average Bonchev–Trinajstić information content (AvgIpc) is 2.46. The number of hydrogen-bond acceptors (Lipinski definition) is 5. The second-order valence-electron chi connectivity index (χ2n) is 4.60. The molecule has 112 valence electrons. The quantitative estimate of drug-likeness (QED) is 0.917. The maximum Gasteiger partial charge on any atom is 0.433 e. The summed E-state index contributed by atoms with van der Waals surface area (Å²) in [4.78, 5) is 11.7. The highest BCUT2D eigenvalue weighted by molar-refractivity contribution is 5.45. The Balaban J connectivity index is 2.23. The lowest BCUT2D eigenvalue weighted by Gasteiger charge is -2.35. The van der Waals surface area contributed by atoms with Gasteiger partial charge in [0.2, 0.25) is 5.95 Å².